The lowest BCUT2D eigenvalue weighted by molar-refractivity contribution is 0.560. The summed E-state index contributed by atoms with van der Waals surface area (Å²) in [5.41, 5.74) is 6.74. The third-order valence-corrected chi connectivity index (χ3v) is 2.75. The fourth-order valence-corrected chi connectivity index (χ4v) is 1.87. The second-order valence-corrected chi connectivity index (χ2v) is 4.14. The minimum Gasteiger partial charge on any atom is -0.390 e. The first-order valence-electron chi connectivity index (χ1n) is 6.14. The molecule has 0 saturated carbocycles. The van der Waals surface area contributed by atoms with Crippen molar-refractivity contribution < 1.29 is 0 Å². The summed E-state index contributed by atoms with van der Waals surface area (Å²) in [5.74, 6) is 0. The molecule has 2 N–H and O–H groups in total. The maximum absolute atomic E-state index is 5.40. The van der Waals surface area contributed by atoms with E-state index in [9.17, 15) is 0 Å². The van der Waals surface area contributed by atoms with E-state index in [-0.39, 0.29) is 0 Å². The van der Waals surface area contributed by atoms with Crippen molar-refractivity contribution >= 4 is 6.34 Å². The van der Waals surface area contributed by atoms with Crippen molar-refractivity contribution in [2.24, 2.45) is 10.7 Å². The number of nitrogens with two attached hydrogens (primary N) is 1. The minimum atomic E-state index is 0.346. The zero-order valence-corrected chi connectivity index (χ0v) is 10.1. The third-order valence-electron chi connectivity index (χ3n) is 2.75. The van der Waals surface area contributed by atoms with E-state index in [0.29, 0.717) is 6.04 Å². The highest BCUT2D eigenvalue weighted by atomic mass is 14.8. The molecule has 0 bridgehead atoms. The maximum Gasteiger partial charge on any atom is 0.0801 e. The number of benzene rings is 1. The molecule has 0 aliphatic rings. The summed E-state index contributed by atoms with van der Waals surface area (Å²) >= 11 is 0. The molecule has 0 aliphatic carbocycles. The molecule has 2 heteroatoms. The normalized spacial score (nSPS) is 13.1. The van der Waals surface area contributed by atoms with E-state index in [4.69, 9.17) is 5.73 Å². The number of hydrogen-bond donors (Lipinski definition) is 1. The van der Waals surface area contributed by atoms with Crippen LogP contribution >= 0.6 is 0 Å². The number of nitrogens with zero attached hydrogens (tertiary/aromatic N) is 1. The molecule has 1 rings (SSSR count). The summed E-state index contributed by atoms with van der Waals surface area (Å²) in [5, 5.41) is 0. The van der Waals surface area contributed by atoms with Crippen molar-refractivity contribution in [3.8, 4) is 0 Å². The largest absolute Gasteiger partial charge is 0.390 e. The topological polar surface area (TPSA) is 38.4 Å². The van der Waals surface area contributed by atoms with E-state index in [1.807, 2.05) is 6.07 Å². The SMILES string of the molecule is CCCCCC(Cc1ccccc1)N=CN. The monoisotopic (exact) mass is 218 g/mol. The highest BCUT2D eigenvalue weighted by molar-refractivity contribution is 5.51. The molecule has 2 nitrogen and oxygen atoms in total. The predicted molar refractivity (Wildman–Crippen MR) is 70.8 cm³/mol. The van der Waals surface area contributed by atoms with Gasteiger partial charge in [0.2, 0.25) is 0 Å². The van der Waals surface area contributed by atoms with Crippen LogP contribution in [0, 0.1) is 0 Å². The van der Waals surface area contributed by atoms with Gasteiger partial charge in [0.05, 0.1) is 12.4 Å². The third kappa shape index (κ3) is 4.96. The van der Waals surface area contributed by atoms with Crippen LogP contribution in [0.25, 0.3) is 0 Å². The molecule has 88 valence electrons. The average Bonchev–Trinajstić information content (AvgIpc) is 2.31. The van der Waals surface area contributed by atoms with Gasteiger partial charge in [0.15, 0.2) is 0 Å². The lowest BCUT2D eigenvalue weighted by Crippen LogP contribution is -2.10. The Kier molecular flexibility index (Phi) is 6.31. The Morgan fingerprint density at radius 3 is 2.62 bits per heavy atom. The van der Waals surface area contributed by atoms with E-state index in [2.05, 4.69) is 36.2 Å². The van der Waals surface area contributed by atoms with Crippen molar-refractivity contribution in [2.45, 2.75) is 45.1 Å². The lowest BCUT2D eigenvalue weighted by atomic mass is 10.0. The summed E-state index contributed by atoms with van der Waals surface area (Å²) in [6.45, 7) is 2.22. The van der Waals surface area contributed by atoms with Crippen LogP contribution in [-0.4, -0.2) is 12.4 Å². The van der Waals surface area contributed by atoms with Gasteiger partial charge >= 0.3 is 0 Å². The first kappa shape index (κ1) is 12.8. The molecule has 0 amide bonds. The summed E-state index contributed by atoms with van der Waals surface area (Å²) in [7, 11) is 0. The molecule has 1 atom stereocenters. The van der Waals surface area contributed by atoms with Crippen LogP contribution in [0.1, 0.15) is 38.2 Å². The average molecular weight is 218 g/mol. The van der Waals surface area contributed by atoms with Gasteiger partial charge in [-0.15, -0.1) is 0 Å². The molecule has 16 heavy (non-hydrogen) atoms. The van der Waals surface area contributed by atoms with Crippen molar-refractivity contribution in [3.63, 3.8) is 0 Å². The summed E-state index contributed by atoms with van der Waals surface area (Å²) < 4.78 is 0. The fraction of sp³-hybridized carbons (Fsp3) is 0.500. The first-order chi connectivity index (χ1) is 7.86. The zero-order valence-electron chi connectivity index (χ0n) is 10.1. The second kappa shape index (κ2) is 7.91. The van der Waals surface area contributed by atoms with Crippen molar-refractivity contribution in [1.29, 1.82) is 0 Å². The fourth-order valence-electron chi connectivity index (χ4n) is 1.87. The van der Waals surface area contributed by atoms with Gasteiger partial charge in [0.1, 0.15) is 0 Å². The van der Waals surface area contributed by atoms with Crippen LogP contribution in [0.4, 0.5) is 0 Å². The minimum absolute atomic E-state index is 0.346. The number of unbranched alkanes of at least 4 members (excludes halogenated alkanes) is 2. The summed E-state index contributed by atoms with van der Waals surface area (Å²) in [6, 6.07) is 10.8. The lowest BCUT2D eigenvalue weighted by Gasteiger charge is -2.11. The van der Waals surface area contributed by atoms with Crippen LogP contribution in [-0.2, 0) is 6.42 Å². The van der Waals surface area contributed by atoms with Gasteiger partial charge in [-0.3, -0.25) is 4.99 Å². The highest BCUT2D eigenvalue weighted by Gasteiger charge is 2.06. The predicted octanol–water partition coefficient (Wildman–Crippen LogP) is 3.17. The van der Waals surface area contributed by atoms with Crippen molar-refractivity contribution in [3.05, 3.63) is 35.9 Å². The molecule has 0 heterocycles. The Morgan fingerprint density at radius 2 is 2.00 bits per heavy atom. The molecule has 1 aromatic rings. The van der Waals surface area contributed by atoms with E-state index in [1.165, 1.54) is 31.2 Å². The van der Waals surface area contributed by atoms with E-state index in [1.54, 1.807) is 0 Å². The molecule has 0 radical (unpaired) electrons. The Hall–Kier alpha value is -1.31. The van der Waals surface area contributed by atoms with Gasteiger partial charge in [-0.25, -0.2) is 0 Å². The van der Waals surface area contributed by atoms with Crippen molar-refractivity contribution in [2.75, 3.05) is 0 Å². The van der Waals surface area contributed by atoms with E-state index >= 15 is 0 Å². The summed E-state index contributed by atoms with van der Waals surface area (Å²) in [4.78, 5) is 4.34. The maximum atomic E-state index is 5.40. The van der Waals surface area contributed by atoms with E-state index in [0.717, 1.165) is 12.8 Å². The number of hydrogen-bond acceptors (Lipinski definition) is 1. The van der Waals surface area contributed by atoms with Gasteiger partial charge in [-0.1, -0.05) is 56.5 Å². The molecular formula is C14H22N2. The van der Waals surface area contributed by atoms with Crippen LogP contribution in [0.5, 0.6) is 0 Å². The smallest absolute Gasteiger partial charge is 0.0801 e. The van der Waals surface area contributed by atoms with Crippen LogP contribution in [0.3, 0.4) is 0 Å². The number of rotatable bonds is 7. The molecular weight excluding hydrogens is 196 g/mol. The zero-order chi connectivity index (χ0) is 11.6. The van der Waals surface area contributed by atoms with Gasteiger partial charge in [0, 0.05) is 0 Å². The van der Waals surface area contributed by atoms with Gasteiger partial charge in [-0.05, 0) is 18.4 Å². The van der Waals surface area contributed by atoms with Gasteiger partial charge in [0.25, 0.3) is 0 Å². The second-order valence-electron chi connectivity index (χ2n) is 4.14. The Bertz CT molecular complexity index is 293. The Labute approximate surface area is 98.6 Å². The van der Waals surface area contributed by atoms with Crippen molar-refractivity contribution in [1.82, 2.24) is 0 Å². The van der Waals surface area contributed by atoms with Crippen LogP contribution in [0.15, 0.2) is 35.3 Å². The molecule has 0 aromatic heterocycles. The summed E-state index contributed by atoms with van der Waals surface area (Å²) in [6.07, 6.45) is 7.36. The van der Waals surface area contributed by atoms with Gasteiger partial charge < -0.3 is 5.73 Å². The molecule has 1 unspecified atom stereocenters. The molecule has 0 aliphatic heterocycles. The number of aliphatic imine (C=N–C) groups is 1. The first-order valence-corrected chi connectivity index (χ1v) is 6.14. The van der Waals surface area contributed by atoms with Crippen LogP contribution in [0.2, 0.25) is 0 Å². The van der Waals surface area contributed by atoms with Gasteiger partial charge in [-0.2, -0.15) is 0 Å². The molecule has 0 spiro atoms. The van der Waals surface area contributed by atoms with Crippen LogP contribution < -0.4 is 5.73 Å². The Morgan fingerprint density at radius 1 is 1.25 bits per heavy atom. The van der Waals surface area contributed by atoms with E-state index < -0.39 is 0 Å². The molecule has 0 fully saturated rings. The standard InChI is InChI=1S/C14H22N2/c1-2-3-5-10-14(16-12-15)11-13-8-6-4-7-9-13/h4,6-9,12,14H,2-3,5,10-11H2,1H3,(H2,15,16). The highest BCUT2D eigenvalue weighted by Crippen LogP contribution is 2.12. The molecule has 1 aromatic carbocycles. The Balaban J connectivity index is 2.44. The molecule has 0 saturated heterocycles. The quantitative estimate of drug-likeness (QED) is 0.426.